The van der Waals surface area contributed by atoms with E-state index in [1.807, 2.05) is 6.92 Å². The van der Waals surface area contributed by atoms with Gasteiger partial charge in [0, 0.05) is 17.8 Å². The van der Waals surface area contributed by atoms with Crippen LogP contribution in [-0.4, -0.2) is 38.1 Å². The van der Waals surface area contributed by atoms with Gasteiger partial charge in [-0.2, -0.15) is 0 Å². The van der Waals surface area contributed by atoms with Gasteiger partial charge in [0.1, 0.15) is 5.00 Å². The molecule has 0 radical (unpaired) electrons. The smallest absolute Gasteiger partial charge is 0.341 e. The van der Waals surface area contributed by atoms with Gasteiger partial charge in [-0.3, -0.25) is 9.59 Å². The molecule has 1 atom stereocenters. The van der Waals surface area contributed by atoms with Crippen molar-refractivity contribution in [3.05, 3.63) is 16.5 Å². The number of amides is 1. The highest BCUT2D eigenvalue weighted by Crippen LogP contribution is 2.36. The number of esters is 2. The molecule has 0 spiro atoms. The van der Waals surface area contributed by atoms with Gasteiger partial charge in [0.2, 0.25) is 5.91 Å². The van der Waals surface area contributed by atoms with Crippen LogP contribution in [0.3, 0.4) is 0 Å². The van der Waals surface area contributed by atoms with E-state index in [1.165, 1.54) is 23.3 Å². The lowest BCUT2D eigenvalue weighted by Crippen LogP contribution is -2.27. The number of carbonyl (C=O) groups excluding carboxylic acids is 3. The van der Waals surface area contributed by atoms with E-state index in [9.17, 15) is 14.4 Å². The first-order valence-corrected chi connectivity index (χ1v) is 8.01. The van der Waals surface area contributed by atoms with Crippen LogP contribution >= 0.6 is 11.3 Å². The Balaban J connectivity index is 2.31. The zero-order chi connectivity index (χ0) is 16.3. The summed E-state index contributed by atoms with van der Waals surface area (Å²) >= 11 is 1.39. The lowest BCUT2D eigenvalue weighted by atomic mass is 10.1. The summed E-state index contributed by atoms with van der Waals surface area (Å²) in [6.45, 7) is 4.22. The SMILES string of the molecule is CCOC(=O)c1cc(CC)sc1N1CC(C(=O)OC)CC1=O. The van der Waals surface area contributed by atoms with E-state index in [1.54, 1.807) is 13.0 Å². The van der Waals surface area contributed by atoms with Gasteiger partial charge >= 0.3 is 11.9 Å². The van der Waals surface area contributed by atoms with Crippen molar-refractivity contribution in [2.45, 2.75) is 26.7 Å². The standard InChI is InChI=1S/C15H19NO5S/c1-4-10-7-11(15(19)21-5-2)13(22-10)16-8-9(6-12(16)17)14(18)20-3/h7,9H,4-6,8H2,1-3H3. The van der Waals surface area contributed by atoms with Gasteiger partial charge in [0.25, 0.3) is 0 Å². The maximum Gasteiger partial charge on any atom is 0.341 e. The van der Waals surface area contributed by atoms with Gasteiger partial charge < -0.3 is 14.4 Å². The first-order chi connectivity index (χ1) is 10.5. The van der Waals surface area contributed by atoms with Crippen LogP contribution in [0.1, 0.15) is 35.5 Å². The maximum atomic E-state index is 12.2. The Labute approximate surface area is 133 Å². The fourth-order valence-electron chi connectivity index (χ4n) is 2.39. The van der Waals surface area contributed by atoms with Crippen molar-refractivity contribution < 1.29 is 23.9 Å². The second kappa shape index (κ2) is 6.91. The molecular formula is C15H19NO5S. The monoisotopic (exact) mass is 325 g/mol. The number of carbonyl (C=O) groups is 3. The van der Waals surface area contributed by atoms with E-state index in [0.29, 0.717) is 10.6 Å². The van der Waals surface area contributed by atoms with Crippen molar-refractivity contribution in [1.82, 2.24) is 0 Å². The minimum atomic E-state index is -0.486. The first-order valence-electron chi connectivity index (χ1n) is 7.19. The number of rotatable bonds is 5. The second-order valence-corrected chi connectivity index (χ2v) is 6.05. The van der Waals surface area contributed by atoms with Crippen LogP contribution in [0.25, 0.3) is 0 Å². The molecule has 7 heteroatoms. The van der Waals surface area contributed by atoms with E-state index < -0.39 is 17.9 Å². The quantitative estimate of drug-likeness (QED) is 0.774. The summed E-state index contributed by atoms with van der Waals surface area (Å²) in [5.74, 6) is -1.51. The average Bonchev–Trinajstić information content (AvgIpc) is 3.09. The fourth-order valence-corrected chi connectivity index (χ4v) is 3.50. The van der Waals surface area contributed by atoms with Gasteiger partial charge in [-0.1, -0.05) is 6.92 Å². The molecule has 1 aliphatic heterocycles. The molecule has 1 aromatic heterocycles. The Kier molecular flexibility index (Phi) is 5.18. The highest BCUT2D eigenvalue weighted by molar-refractivity contribution is 7.16. The van der Waals surface area contributed by atoms with E-state index in [-0.39, 0.29) is 25.5 Å². The third-order valence-electron chi connectivity index (χ3n) is 3.51. The van der Waals surface area contributed by atoms with Gasteiger partial charge in [-0.05, 0) is 19.4 Å². The maximum absolute atomic E-state index is 12.2. The van der Waals surface area contributed by atoms with Crippen LogP contribution in [0.4, 0.5) is 5.00 Å². The molecule has 1 unspecified atom stereocenters. The molecule has 6 nitrogen and oxygen atoms in total. The summed E-state index contributed by atoms with van der Waals surface area (Å²) in [6.07, 6.45) is 0.869. The van der Waals surface area contributed by atoms with Crippen LogP contribution < -0.4 is 4.90 Å². The van der Waals surface area contributed by atoms with Crippen LogP contribution in [-0.2, 0) is 25.5 Å². The predicted molar refractivity (Wildman–Crippen MR) is 82.1 cm³/mol. The van der Waals surface area contributed by atoms with Gasteiger partial charge in [0.15, 0.2) is 0 Å². The highest BCUT2D eigenvalue weighted by Gasteiger charge is 2.38. The second-order valence-electron chi connectivity index (χ2n) is 4.93. The molecule has 1 saturated heterocycles. The molecule has 1 amide bonds. The van der Waals surface area contributed by atoms with Crippen molar-refractivity contribution in [3.63, 3.8) is 0 Å². The molecule has 2 rings (SSSR count). The van der Waals surface area contributed by atoms with Gasteiger partial charge in [-0.25, -0.2) is 4.79 Å². The van der Waals surface area contributed by atoms with E-state index in [4.69, 9.17) is 9.47 Å². The highest BCUT2D eigenvalue weighted by atomic mass is 32.1. The Morgan fingerprint density at radius 1 is 1.41 bits per heavy atom. The zero-order valence-corrected chi connectivity index (χ0v) is 13.7. The molecule has 1 aromatic rings. The van der Waals surface area contributed by atoms with Crippen LogP contribution in [0.15, 0.2) is 6.07 Å². The molecule has 0 saturated carbocycles. The van der Waals surface area contributed by atoms with Crippen molar-refractivity contribution in [3.8, 4) is 0 Å². The number of hydrogen-bond donors (Lipinski definition) is 0. The Morgan fingerprint density at radius 2 is 2.14 bits per heavy atom. The number of nitrogens with zero attached hydrogens (tertiary/aromatic N) is 1. The van der Waals surface area contributed by atoms with Crippen LogP contribution in [0.2, 0.25) is 0 Å². The molecule has 0 aromatic carbocycles. The molecule has 0 N–H and O–H groups in total. The average molecular weight is 325 g/mol. The number of anilines is 1. The summed E-state index contributed by atoms with van der Waals surface area (Å²) in [6, 6.07) is 1.76. The molecule has 0 bridgehead atoms. The Bertz CT molecular complexity index is 595. The lowest BCUT2D eigenvalue weighted by Gasteiger charge is -2.16. The predicted octanol–water partition coefficient (Wildman–Crippen LogP) is 2.01. The fraction of sp³-hybridized carbons (Fsp3) is 0.533. The minimum absolute atomic E-state index is 0.105. The Hall–Kier alpha value is -1.89. The molecule has 1 fully saturated rings. The summed E-state index contributed by atoms with van der Waals surface area (Å²) < 4.78 is 9.76. The summed E-state index contributed by atoms with van der Waals surface area (Å²) in [5, 5.41) is 0.562. The molecular weight excluding hydrogens is 306 g/mol. The number of aryl methyl sites for hydroxylation is 1. The lowest BCUT2D eigenvalue weighted by molar-refractivity contribution is -0.145. The first kappa shape index (κ1) is 16.5. The molecule has 120 valence electrons. The van der Waals surface area contributed by atoms with Gasteiger partial charge in [-0.15, -0.1) is 11.3 Å². The van der Waals surface area contributed by atoms with Crippen molar-refractivity contribution in [1.29, 1.82) is 0 Å². The number of ether oxygens (including phenoxy) is 2. The van der Waals surface area contributed by atoms with Crippen molar-refractivity contribution >= 4 is 34.2 Å². The number of thiophene rings is 1. The van der Waals surface area contributed by atoms with E-state index in [0.717, 1.165) is 11.3 Å². The largest absolute Gasteiger partial charge is 0.469 e. The minimum Gasteiger partial charge on any atom is -0.469 e. The van der Waals surface area contributed by atoms with E-state index in [2.05, 4.69) is 0 Å². The number of methoxy groups -OCH3 is 1. The molecule has 1 aliphatic rings. The van der Waals surface area contributed by atoms with Crippen molar-refractivity contribution in [2.24, 2.45) is 5.92 Å². The molecule has 22 heavy (non-hydrogen) atoms. The normalized spacial score (nSPS) is 17.7. The summed E-state index contributed by atoms with van der Waals surface area (Å²) in [5.41, 5.74) is 0.391. The van der Waals surface area contributed by atoms with Crippen molar-refractivity contribution in [2.75, 3.05) is 25.2 Å². The van der Waals surface area contributed by atoms with E-state index >= 15 is 0 Å². The van der Waals surface area contributed by atoms with Crippen LogP contribution in [0, 0.1) is 5.92 Å². The molecule has 0 aliphatic carbocycles. The van der Waals surface area contributed by atoms with Crippen LogP contribution in [0.5, 0.6) is 0 Å². The molecule has 2 heterocycles. The third kappa shape index (κ3) is 3.14. The zero-order valence-electron chi connectivity index (χ0n) is 12.9. The summed E-state index contributed by atoms with van der Waals surface area (Å²) in [4.78, 5) is 38.4. The Morgan fingerprint density at radius 3 is 2.73 bits per heavy atom. The topological polar surface area (TPSA) is 72.9 Å². The van der Waals surface area contributed by atoms with Gasteiger partial charge in [0.05, 0.1) is 25.2 Å². The number of hydrogen-bond acceptors (Lipinski definition) is 6. The summed E-state index contributed by atoms with van der Waals surface area (Å²) in [7, 11) is 1.31. The third-order valence-corrected chi connectivity index (χ3v) is 4.81.